The van der Waals surface area contributed by atoms with E-state index >= 15 is 0 Å². The van der Waals surface area contributed by atoms with E-state index in [1.807, 2.05) is 11.2 Å². The van der Waals surface area contributed by atoms with E-state index in [0.29, 0.717) is 12.3 Å². The van der Waals surface area contributed by atoms with Crippen molar-refractivity contribution in [2.45, 2.75) is 104 Å². The van der Waals surface area contributed by atoms with Gasteiger partial charge < -0.3 is 0 Å². The minimum absolute atomic E-state index is 0.304. The molecule has 3 nitrogen and oxygen atoms in total. The fourth-order valence-corrected chi connectivity index (χ4v) is 3.47. The Balaban J connectivity index is 1.84. The highest BCUT2D eigenvalue weighted by molar-refractivity contribution is 5.86. The first-order valence-corrected chi connectivity index (χ1v) is 11.3. The van der Waals surface area contributed by atoms with Gasteiger partial charge in [0.2, 0.25) is 6.34 Å². The number of amides is 1. The smallest absolute Gasteiger partial charge is 0.264 e. The molecule has 0 aromatic carbocycles. The molecule has 0 atom stereocenters. The van der Waals surface area contributed by atoms with Crippen LogP contribution in [0.1, 0.15) is 104 Å². The van der Waals surface area contributed by atoms with E-state index in [-0.39, 0.29) is 0 Å². The SMILES string of the molecule is CCCCCCCC/C=C\CCCCCCCC(=O)N1C=[N+](CC)CC1. The molecule has 1 heterocycles. The second-order valence-electron chi connectivity index (χ2n) is 7.67. The zero-order valence-electron chi connectivity index (χ0n) is 17.6. The highest BCUT2D eigenvalue weighted by Crippen LogP contribution is 2.11. The molecule has 0 fully saturated rings. The van der Waals surface area contributed by atoms with E-state index < -0.39 is 0 Å². The van der Waals surface area contributed by atoms with Gasteiger partial charge in [0.25, 0.3) is 0 Å². The zero-order valence-corrected chi connectivity index (χ0v) is 17.6. The van der Waals surface area contributed by atoms with Crippen LogP contribution in [0.25, 0.3) is 0 Å². The third-order valence-corrected chi connectivity index (χ3v) is 5.31. The molecule has 150 valence electrons. The number of hydrogen-bond acceptors (Lipinski definition) is 1. The van der Waals surface area contributed by atoms with Crippen molar-refractivity contribution < 1.29 is 9.37 Å². The van der Waals surface area contributed by atoms with E-state index in [1.54, 1.807) is 0 Å². The summed E-state index contributed by atoms with van der Waals surface area (Å²) in [6, 6.07) is 0. The summed E-state index contributed by atoms with van der Waals surface area (Å²) >= 11 is 0. The van der Waals surface area contributed by atoms with E-state index in [1.165, 1.54) is 77.0 Å². The molecule has 0 saturated heterocycles. The fourth-order valence-electron chi connectivity index (χ4n) is 3.47. The average Bonchev–Trinajstić information content (AvgIpc) is 3.14. The van der Waals surface area contributed by atoms with Gasteiger partial charge in [0.15, 0.2) is 0 Å². The number of rotatable bonds is 16. The Morgan fingerprint density at radius 1 is 0.885 bits per heavy atom. The molecule has 0 aromatic heterocycles. The number of likely N-dealkylation sites (N-methyl/N-ethyl adjacent to an activating group) is 1. The van der Waals surface area contributed by atoms with Crippen LogP contribution < -0.4 is 0 Å². The van der Waals surface area contributed by atoms with E-state index in [2.05, 4.69) is 30.6 Å². The summed E-state index contributed by atoms with van der Waals surface area (Å²) < 4.78 is 2.21. The summed E-state index contributed by atoms with van der Waals surface area (Å²) in [6.07, 6.45) is 24.4. The minimum atomic E-state index is 0.304. The lowest BCUT2D eigenvalue weighted by Crippen LogP contribution is -2.27. The molecule has 0 unspecified atom stereocenters. The number of carbonyl (C=O) groups excluding carboxylic acids is 1. The molecule has 1 rings (SSSR count). The molecule has 0 radical (unpaired) electrons. The summed E-state index contributed by atoms with van der Waals surface area (Å²) in [5.74, 6) is 0.304. The Morgan fingerprint density at radius 3 is 2.04 bits per heavy atom. The minimum Gasteiger partial charge on any atom is -0.264 e. The first-order valence-electron chi connectivity index (χ1n) is 11.3. The predicted molar refractivity (Wildman–Crippen MR) is 113 cm³/mol. The van der Waals surface area contributed by atoms with Crippen LogP contribution >= 0.6 is 0 Å². The van der Waals surface area contributed by atoms with Gasteiger partial charge in [-0.05, 0) is 39.0 Å². The van der Waals surface area contributed by atoms with Crippen molar-refractivity contribution in [3.05, 3.63) is 12.2 Å². The van der Waals surface area contributed by atoms with Gasteiger partial charge in [-0.1, -0.05) is 70.4 Å². The number of unbranched alkanes of at least 4 members (excludes halogenated alkanes) is 11. The third-order valence-electron chi connectivity index (χ3n) is 5.31. The van der Waals surface area contributed by atoms with Crippen molar-refractivity contribution in [1.82, 2.24) is 4.90 Å². The van der Waals surface area contributed by atoms with E-state index in [4.69, 9.17) is 0 Å². The fraction of sp³-hybridized carbons (Fsp3) is 0.826. The third kappa shape index (κ3) is 11.5. The topological polar surface area (TPSA) is 23.3 Å². The molecule has 3 heteroatoms. The first-order chi connectivity index (χ1) is 12.8. The second-order valence-corrected chi connectivity index (χ2v) is 7.67. The summed E-state index contributed by atoms with van der Waals surface area (Å²) in [7, 11) is 0. The normalized spacial score (nSPS) is 14.4. The van der Waals surface area contributed by atoms with Crippen LogP contribution in [0.5, 0.6) is 0 Å². The van der Waals surface area contributed by atoms with Gasteiger partial charge in [-0.3, -0.25) is 4.58 Å². The molecule has 0 aliphatic carbocycles. The molecule has 0 bridgehead atoms. The second kappa shape index (κ2) is 16.1. The van der Waals surface area contributed by atoms with Gasteiger partial charge >= 0.3 is 5.91 Å². The van der Waals surface area contributed by atoms with Crippen molar-refractivity contribution in [2.75, 3.05) is 19.6 Å². The Labute approximate surface area is 162 Å². The summed E-state index contributed by atoms with van der Waals surface area (Å²) in [4.78, 5) is 14.0. The number of allylic oxidation sites excluding steroid dienone is 2. The highest BCUT2D eigenvalue weighted by Gasteiger charge is 2.24. The van der Waals surface area contributed by atoms with Crippen molar-refractivity contribution in [2.24, 2.45) is 0 Å². The molecule has 1 aliphatic rings. The lowest BCUT2D eigenvalue weighted by Gasteiger charge is -2.04. The molecule has 0 aromatic rings. The monoisotopic (exact) mass is 363 g/mol. The summed E-state index contributed by atoms with van der Waals surface area (Å²) in [5.41, 5.74) is 0. The van der Waals surface area contributed by atoms with Crippen LogP contribution in [0, 0.1) is 0 Å². The molecule has 0 spiro atoms. The van der Waals surface area contributed by atoms with Gasteiger partial charge in [-0.2, -0.15) is 4.90 Å². The molecule has 0 N–H and O–H groups in total. The zero-order chi connectivity index (χ0) is 18.9. The molecular formula is C23H43N2O+. The van der Waals surface area contributed by atoms with Gasteiger partial charge in [0.1, 0.15) is 13.1 Å². The molecular weight excluding hydrogens is 320 g/mol. The average molecular weight is 364 g/mol. The van der Waals surface area contributed by atoms with Crippen LogP contribution in [-0.2, 0) is 4.79 Å². The van der Waals surface area contributed by atoms with Crippen molar-refractivity contribution in [3.8, 4) is 0 Å². The maximum absolute atomic E-state index is 12.1. The Kier molecular flexibility index (Phi) is 14.2. The maximum atomic E-state index is 12.1. The van der Waals surface area contributed by atoms with Crippen LogP contribution in [0.15, 0.2) is 12.2 Å². The lowest BCUT2D eigenvalue weighted by molar-refractivity contribution is -0.509. The maximum Gasteiger partial charge on any atom is 0.309 e. The number of carbonyl (C=O) groups is 1. The Hall–Kier alpha value is -1.12. The van der Waals surface area contributed by atoms with Crippen molar-refractivity contribution >= 4 is 12.2 Å². The van der Waals surface area contributed by atoms with Crippen LogP contribution in [-0.4, -0.2) is 41.4 Å². The molecule has 1 amide bonds. The predicted octanol–water partition coefficient (Wildman–Crippen LogP) is 5.93. The summed E-state index contributed by atoms with van der Waals surface area (Å²) in [5, 5.41) is 0. The van der Waals surface area contributed by atoms with Gasteiger partial charge in [0, 0.05) is 6.42 Å². The van der Waals surface area contributed by atoms with E-state index in [9.17, 15) is 4.79 Å². The van der Waals surface area contributed by atoms with Crippen LogP contribution in [0.3, 0.4) is 0 Å². The van der Waals surface area contributed by atoms with Crippen LogP contribution in [0.4, 0.5) is 0 Å². The van der Waals surface area contributed by atoms with Gasteiger partial charge in [0.05, 0.1) is 6.54 Å². The number of hydrogen-bond donors (Lipinski definition) is 0. The van der Waals surface area contributed by atoms with Gasteiger partial charge in [-0.15, -0.1) is 0 Å². The first kappa shape index (κ1) is 22.9. The number of nitrogens with zero attached hydrogens (tertiary/aromatic N) is 2. The van der Waals surface area contributed by atoms with Gasteiger partial charge in [-0.25, -0.2) is 4.79 Å². The Morgan fingerprint density at radius 2 is 1.46 bits per heavy atom. The quantitative estimate of drug-likeness (QED) is 0.189. The lowest BCUT2D eigenvalue weighted by atomic mass is 10.1. The highest BCUT2D eigenvalue weighted by atomic mass is 16.2. The molecule has 1 aliphatic heterocycles. The van der Waals surface area contributed by atoms with Crippen molar-refractivity contribution in [1.29, 1.82) is 0 Å². The molecule has 0 saturated carbocycles. The van der Waals surface area contributed by atoms with Crippen molar-refractivity contribution in [3.63, 3.8) is 0 Å². The van der Waals surface area contributed by atoms with E-state index in [0.717, 1.165) is 26.1 Å². The summed E-state index contributed by atoms with van der Waals surface area (Å²) in [6.45, 7) is 7.27. The van der Waals surface area contributed by atoms with Crippen LogP contribution in [0.2, 0.25) is 0 Å². The molecule has 26 heavy (non-hydrogen) atoms. The standard InChI is InChI=1S/C23H43N2O/c1-3-5-6-7-8-9-10-11-12-13-14-15-16-17-18-19-23(26)25-21-20-24(4-2)22-25/h11-12,22H,3-10,13-21H2,1-2H3/q+1/b12-11-. The Bertz CT molecular complexity index is 414. The largest absolute Gasteiger partial charge is 0.309 e.